The van der Waals surface area contributed by atoms with Gasteiger partial charge >= 0.3 is 0 Å². The largest absolute Gasteiger partial charge is 0.485 e. The van der Waals surface area contributed by atoms with Gasteiger partial charge in [-0.1, -0.05) is 28.9 Å². The molecule has 0 spiro atoms. The van der Waals surface area contributed by atoms with Gasteiger partial charge in [0.15, 0.2) is 0 Å². The number of aromatic nitrogens is 1. The van der Waals surface area contributed by atoms with Crippen LogP contribution < -0.4 is 4.74 Å². The van der Waals surface area contributed by atoms with Gasteiger partial charge in [0.25, 0.3) is 0 Å². The molecule has 5 nitrogen and oxygen atoms in total. The number of halogens is 1. The molecule has 1 aromatic heterocycles. The number of benzene rings is 1. The highest BCUT2D eigenvalue weighted by Gasteiger charge is 2.32. The maximum atomic E-state index is 12.2. The number of aryl methyl sites for hydroxylation is 2. The Balaban J connectivity index is 1.46. The van der Waals surface area contributed by atoms with Gasteiger partial charge < -0.3 is 14.2 Å². The van der Waals surface area contributed by atoms with E-state index < -0.39 is 0 Å². The number of carbonyl (C=O) groups is 1. The Bertz CT molecular complexity index is 688. The first-order valence-electron chi connectivity index (χ1n) is 7.65. The molecule has 6 heteroatoms. The van der Waals surface area contributed by atoms with Gasteiger partial charge in [0, 0.05) is 12.0 Å². The number of nitrogens with zero attached hydrogens (tertiary/aromatic N) is 2. The Morgan fingerprint density at radius 1 is 1.39 bits per heavy atom. The lowest BCUT2D eigenvalue weighted by atomic mass is 10.1. The highest BCUT2D eigenvalue weighted by Crippen LogP contribution is 2.26. The molecule has 1 saturated heterocycles. The highest BCUT2D eigenvalue weighted by atomic mass is 35.5. The SMILES string of the molecule is Cc1noc(C)c1CCC(=O)N1CC(Oc2ccccc2Cl)C1. The number of hydrogen-bond acceptors (Lipinski definition) is 4. The molecule has 0 radical (unpaired) electrons. The summed E-state index contributed by atoms with van der Waals surface area (Å²) in [7, 11) is 0. The van der Waals surface area contributed by atoms with Gasteiger partial charge in [0.05, 0.1) is 23.8 Å². The van der Waals surface area contributed by atoms with E-state index in [9.17, 15) is 4.79 Å². The van der Waals surface area contributed by atoms with Crippen molar-refractivity contribution in [3.63, 3.8) is 0 Å². The van der Waals surface area contributed by atoms with Crippen molar-refractivity contribution in [2.24, 2.45) is 0 Å². The van der Waals surface area contributed by atoms with Crippen LogP contribution in [0.3, 0.4) is 0 Å². The van der Waals surface area contributed by atoms with Crippen LogP contribution in [0.1, 0.15) is 23.4 Å². The summed E-state index contributed by atoms with van der Waals surface area (Å²) in [4.78, 5) is 14.0. The Labute approximate surface area is 140 Å². The van der Waals surface area contributed by atoms with Gasteiger partial charge in [-0.3, -0.25) is 4.79 Å². The van der Waals surface area contributed by atoms with Crippen LogP contribution in [0.5, 0.6) is 5.75 Å². The van der Waals surface area contributed by atoms with E-state index in [1.54, 1.807) is 11.0 Å². The fourth-order valence-electron chi connectivity index (χ4n) is 2.69. The molecule has 0 saturated carbocycles. The maximum absolute atomic E-state index is 12.2. The van der Waals surface area contributed by atoms with E-state index in [4.69, 9.17) is 20.9 Å². The van der Waals surface area contributed by atoms with Crippen LogP contribution in [0.25, 0.3) is 0 Å². The van der Waals surface area contributed by atoms with Gasteiger partial charge in [-0.15, -0.1) is 0 Å². The summed E-state index contributed by atoms with van der Waals surface area (Å²) in [5.41, 5.74) is 1.89. The summed E-state index contributed by atoms with van der Waals surface area (Å²) in [6.45, 7) is 4.97. The fourth-order valence-corrected chi connectivity index (χ4v) is 2.87. The summed E-state index contributed by atoms with van der Waals surface area (Å²) in [6.07, 6.45) is 1.13. The molecule has 0 atom stereocenters. The Morgan fingerprint density at radius 2 is 2.13 bits per heavy atom. The van der Waals surface area contributed by atoms with Crippen molar-refractivity contribution >= 4 is 17.5 Å². The van der Waals surface area contributed by atoms with Gasteiger partial charge in [-0.2, -0.15) is 0 Å². The first kappa shape index (κ1) is 15.9. The molecule has 0 unspecified atom stereocenters. The molecule has 1 amide bonds. The number of amides is 1. The Morgan fingerprint density at radius 3 is 2.78 bits per heavy atom. The number of para-hydroxylation sites is 1. The predicted molar refractivity (Wildman–Crippen MR) is 86.7 cm³/mol. The smallest absolute Gasteiger partial charge is 0.223 e. The summed E-state index contributed by atoms with van der Waals surface area (Å²) in [6, 6.07) is 7.37. The molecular formula is C17H19ClN2O3. The van der Waals surface area contributed by atoms with Crippen molar-refractivity contribution in [3.05, 3.63) is 46.3 Å². The lowest BCUT2D eigenvalue weighted by molar-refractivity contribution is -0.139. The monoisotopic (exact) mass is 334 g/mol. The predicted octanol–water partition coefficient (Wildman–Crippen LogP) is 3.17. The Kier molecular flexibility index (Phi) is 4.57. The Hall–Kier alpha value is -2.01. The third kappa shape index (κ3) is 3.50. The average molecular weight is 335 g/mol. The number of hydrogen-bond donors (Lipinski definition) is 0. The topological polar surface area (TPSA) is 55.6 Å². The molecule has 2 aromatic rings. The molecule has 2 heterocycles. The lowest BCUT2D eigenvalue weighted by Crippen LogP contribution is -2.56. The minimum absolute atomic E-state index is 0.0120. The number of ether oxygens (including phenoxy) is 1. The zero-order valence-corrected chi connectivity index (χ0v) is 14.0. The molecule has 0 aliphatic carbocycles. The van der Waals surface area contributed by atoms with Crippen LogP contribution in [0, 0.1) is 13.8 Å². The van der Waals surface area contributed by atoms with Gasteiger partial charge in [-0.25, -0.2) is 0 Å². The van der Waals surface area contributed by atoms with Gasteiger partial charge in [-0.05, 0) is 32.4 Å². The molecule has 3 rings (SSSR count). The normalized spacial score (nSPS) is 14.7. The minimum Gasteiger partial charge on any atom is -0.485 e. The molecule has 122 valence electrons. The molecule has 0 bridgehead atoms. The third-order valence-corrected chi connectivity index (χ3v) is 4.41. The minimum atomic E-state index is 0.0120. The van der Waals surface area contributed by atoms with Crippen LogP contribution >= 0.6 is 11.6 Å². The standard InChI is InChI=1S/C17H19ClN2O3/c1-11-14(12(2)23-19-11)7-8-17(21)20-9-13(10-20)22-16-6-4-3-5-15(16)18/h3-6,13H,7-10H2,1-2H3. The second-order valence-corrected chi connectivity index (χ2v) is 6.18. The molecule has 1 aliphatic rings. The van der Waals surface area contributed by atoms with Gasteiger partial charge in [0.1, 0.15) is 17.6 Å². The van der Waals surface area contributed by atoms with E-state index >= 15 is 0 Å². The van der Waals surface area contributed by atoms with E-state index in [2.05, 4.69) is 5.16 Å². The number of likely N-dealkylation sites (tertiary alicyclic amines) is 1. The van der Waals surface area contributed by atoms with Crippen molar-refractivity contribution in [1.82, 2.24) is 10.1 Å². The second kappa shape index (κ2) is 6.62. The van der Waals surface area contributed by atoms with Crippen LogP contribution in [0.15, 0.2) is 28.8 Å². The van der Waals surface area contributed by atoms with Crippen LogP contribution in [-0.2, 0) is 11.2 Å². The van der Waals surface area contributed by atoms with E-state index in [0.717, 1.165) is 17.0 Å². The van der Waals surface area contributed by atoms with E-state index in [1.165, 1.54) is 0 Å². The quantitative estimate of drug-likeness (QED) is 0.842. The van der Waals surface area contributed by atoms with Crippen LogP contribution in [0.2, 0.25) is 5.02 Å². The van der Waals surface area contributed by atoms with Crippen LogP contribution in [0.4, 0.5) is 0 Å². The zero-order valence-electron chi connectivity index (χ0n) is 13.2. The summed E-state index contributed by atoms with van der Waals surface area (Å²) >= 11 is 6.06. The third-order valence-electron chi connectivity index (χ3n) is 4.10. The molecule has 0 N–H and O–H groups in total. The first-order chi connectivity index (χ1) is 11.0. The van der Waals surface area contributed by atoms with Crippen molar-refractivity contribution in [2.45, 2.75) is 32.8 Å². The zero-order chi connectivity index (χ0) is 16.4. The number of carbonyl (C=O) groups excluding carboxylic acids is 1. The van der Waals surface area contributed by atoms with E-state index in [1.807, 2.05) is 32.0 Å². The molecule has 1 aromatic carbocycles. The van der Waals surface area contributed by atoms with Crippen molar-refractivity contribution < 1.29 is 14.1 Å². The van der Waals surface area contributed by atoms with E-state index in [-0.39, 0.29) is 12.0 Å². The summed E-state index contributed by atoms with van der Waals surface area (Å²) in [5.74, 6) is 1.59. The molecule has 1 fully saturated rings. The highest BCUT2D eigenvalue weighted by molar-refractivity contribution is 6.32. The van der Waals surface area contributed by atoms with E-state index in [0.29, 0.717) is 36.7 Å². The maximum Gasteiger partial charge on any atom is 0.223 e. The van der Waals surface area contributed by atoms with Crippen molar-refractivity contribution in [2.75, 3.05) is 13.1 Å². The van der Waals surface area contributed by atoms with Crippen molar-refractivity contribution in [3.8, 4) is 5.75 Å². The number of rotatable bonds is 5. The fraction of sp³-hybridized carbons (Fsp3) is 0.412. The van der Waals surface area contributed by atoms with Crippen molar-refractivity contribution in [1.29, 1.82) is 0 Å². The summed E-state index contributed by atoms with van der Waals surface area (Å²) < 4.78 is 10.9. The molecular weight excluding hydrogens is 316 g/mol. The second-order valence-electron chi connectivity index (χ2n) is 5.77. The summed E-state index contributed by atoms with van der Waals surface area (Å²) in [5, 5.41) is 4.50. The van der Waals surface area contributed by atoms with Crippen LogP contribution in [-0.4, -0.2) is 35.2 Å². The lowest BCUT2D eigenvalue weighted by Gasteiger charge is -2.39. The molecule has 23 heavy (non-hydrogen) atoms. The van der Waals surface area contributed by atoms with Gasteiger partial charge in [0.2, 0.25) is 5.91 Å². The first-order valence-corrected chi connectivity index (χ1v) is 8.03. The molecule has 1 aliphatic heterocycles. The average Bonchev–Trinajstić information content (AvgIpc) is 2.80.